The highest BCUT2D eigenvalue weighted by Crippen LogP contribution is 2.61. The molecule has 0 atom stereocenters. The fraction of sp³-hybridized carbons (Fsp3) is 0.265. The molecule has 246 valence electrons. The van der Waals surface area contributed by atoms with E-state index in [1.54, 1.807) is 5.56 Å². The van der Waals surface area contributed by atoms with Gasteiger partial charge in [-0.2, -0.15) is 0 Å². The molecule has 0 aromatic heterocycles. The number of benzene rings is 6. The van der Waals surface area contributed by atoms with Gasteiger partial charge in [0.25, 0.3) is 0 Å². The van der Waals surface area contributed by atoms with Crippen molar-refractivity contribution >= 4 is 17.1 Å². The van der Waals surface area contributed by atoms with Crippen molar-refractivity contribution in [1.29, 1.82) is 0 Å². The maximum atomic E-state index is 2.49. The minimum atomic E-state index is -0.0546. The van der Waals surface area contributed by atoms with Gasteiger partial charge in [-0.1, -0.05) is 123 Å². The smallest absolute Gasteiger partial charge is 0.0465 e. The van der Waals surface area contributed by atoms with E-state index in [1.807, 2.05) is 0 Å². The molecule has 6 aromatic rings. The Morgan fingerprint density at radius 1 is 0.440 bits per heavy atom. The molecule has 4 fully saturated rings. The van der Waals surface area contributed by atoms with Crippen LogP contribution in [0.3, 0.4) is 0 Å². The summed E-state index contributed by atoms with van der Waals surface area (Å²) in [4.78, 5) is 2.48. The van der Waals surface area contributed by atoms with E-state index in [2.05, 4.69) is 164 Å². The molecule has 0 aliphatic heterocycles. The SMILES string of the molecule is CC1(C)c2ccccc2-c2ccc(N(c3ccc(-c4ccccc4-c4ccccc4)cc3)c3ccc(C45CC6CC(CC(C6)C4)C5)cc3)cc21. The van der Waals surface area contributed by atoms with Gasteiger partial charge in [-0.3, -0.25) is 0 Å². The van der Waals surface area contributed by atoms with Crippen LogP contribution in [0.1, 0.15) is 69.1 Å². The lowest BCUT2D eigenvalue weighted by atomic mass is 9.48. The van der Waals surface area contributed by atoms with E-state index >= 15 is 0 Å². The quantitative estimate of drug-likeness (QED) is 0.174. The molecule has 4 saturated carbocycles. The zero-order valence-corrected chi connectivity index (χ0v) is 29.3. The first-order valence-corrected chi connectivity index (χ1v) is 18.9. The minimum Gasteiger partial charge on any atom is -0.310 e. The van der Waals surface area contributed by atoms with Gasteiger partial charge < -0.3 is 4.90 Å². The second-order valence-corrected chi connectivity index (χ2v) is 16.4. The third kappa shape index (κ3) is 4.73. The molecule has 0 saturated heterocycles. The average Bonchev–Trinajstić information content (AvgIpc) is 3.38. The first-order chi connectivity index (χ1) is 24.4. The maximum Gasteiger partial charge on any atom is 0.0465 e. The topological polar surface area (TPSA) is 3.24 Å². The molecule has 0 spiro atoms. The molecule has 0 heterocycles. The summed E-state index contributed by atoms with van der Waals surface area (Å²) in [7, 11) is 0. The number of anilines is 3. The average molecular weight is 648 g/mol. The summed E-state index contributed by atoms with van der Waals surface area (Å²) in [5, 5.41) is 0. The van der Waals surface area contributed by atoms with Gasteiger partial charge in [0.05, 0.1) is 0 Å². The van der Waals surface area contributed by atoms with Crippen LogP contribution in [0.4, 0.5) is 17.1 Å². The lowest BCUT2D eigenvalue weighted by molar-refractivity contribution is -0.00518. The molecular weight excluding hydrogens is 603 g/mol. The summed E-state index contributed by atoms with van der Waals surface area (Å²) >= 11 is 0. The zero-order chi connectivity index (χ0) is 33.5. The first kappa shape index (κ1) is 30.0. The Morgan fingerprint density at radius 3 is 1.54 bits per heavy atom. The lowest BCUT2D eigenvalue weighted by Gasteiger charge is -2.57. The number of hydrogen-bond donors (Lipinski definition) is 0. The molecule has 11 rings (SSSR count). The Kier molecular flexibility index (Phi) is 6.79. The fourth-order valence-corrected chi connectivity index (χ4v) is 11.1. The van der Waals surface area contributed by atoms with Crippen molar-refractivity contribution in [3.05, 3.63) is 162 Å². The Morgan fingerprint density at radius 2 is 0.920 bits per heavy atom. The van der Waals surface area contributed by atoms with Crippen molar-refractivity contribution in [2.45, 2.75) is 63.2 Å². The van der Waals surface area contributed by atoms with Crippen LogP contribution < -0.4 is 4.90 Å². The lowest BCUT2D eigenvalue weighted by Crippen LogP contribution is -2.48. The second-order valence-electron chi connectivity index (χ2n) is 16.4. The molecule has 4 bridgehead atoms. The minimum absolute atomic E-state index is 0.0546. The summed E-state index contributed by atoms with van der Waals surface area (Å²) < 4.78 is 0. The van der Waals surface area contributed by atoms with Crippen molar-refractivity contribution in [2.75, 3.05) is 4.90 Å². The highest BCUT2D eigenvalue weighted by Gasteiger charge is 2.51. The van der Waals surface area contributed by atoms with E-state index in [-0.39, 0.29) is 5.41 Å². The number of rotatable bonds is 6. The predicted octanol–water partition coefficient (Wildman–Crippen LogP) is 13.3. The Balaban J connectivity index is 1.06. The van der Waals surface area contributed by atoms with Gasteiger partial charge in [-0.15, -0.1) is 0 Å². The van der Waals surface area contributed by atoms with Crippen molar-refractivity contribution < 1.29 is 0 Å². The molecule has 5 aliphatic rings. The molecule has 6 aromatic carbocycles. The van der Waals surface area contributed by atoms with Gasteiger partial charge in [-0.25, -0.2) is 0 Å². The third-order valence-corrected chi connectivity index (χ3v) is 13.0. The van der Waals surface area contributed by atoms with Crippen molar-refractivity contribution in [3.8, 4) is 33.4 Å². The largest absolute Gasteiger partial charge is 0.310 e. The van der Waals surface area contributed by atoms with Crippen LogP contribution in [-0.4, -0.2) is 0 Å². The molecule has 50 heavy (non-hydrogen) atoms. The van der Waals surface area contributed by atoms with Gasteiger partial charge in [-0.05, 0) is 148 Å². The van der Waals surface area contributed by atoms with Gasteiger partial charge in [0.1, 0.15) is 0 Å². The highest BCUT2D eigenvalue weighted by atomic mass is 15.1. The fourth-order valence-electron chi connectivity index (χ4n) is 11.1. The summed E-state index contributed by atoms with van der Waals surface area (Å²) in [5.74, 6) is 2.84. The van der Waals surface area contributed by atoms with E-state index in [0.717, 1.165) is 17.8 Å². The molecule has 5 aliphatic carbocycles. The Hall–Kier alpha value is -4.88. The normalized spacial score (nSPS) is 23.8. The van der Waals surface area contributed by atoms with Crippen molar-refractivity contribution in [2.24, 2.45) is 17.8 Å². The van der Waals surface area contributed by atoms with Crippen LogP contribution in [-0.2, 0) is 10.8 Å². The zero-order valence-electron chi connectivity index (χ0n) is 29.3. The van der Waals surface area contributed by atoms with Gasteiger partial charge in [0, 0.05) is 22.5 Å². The predicted molar refractivity (Wildman–Crippen MR) is 209 cm³/mol. The Labute approximate surface area is 297 Å². The molecule has 0 N–H and O–H groups in total. The highest BCUT2D eigenvalue weighted by molar-refractivity contribution is 5.87. The van der Waals surface area contributed by atoms with Crippen molar-refractivity contribution in [3.63, 3.8) is 0 Å². The van der Waals surface area contributed by atoms with Crippen LogP contribution in [0.15, 0.2) is 146 Å². The van der Waals surface area contributed by atoms with E-state index in [0.29, 0.717) is 5.41 Å². The van der Waals surface area contributed by atoms with Crippen LogP contribution >= 0.6 is 0 Å². The number of hydrogen-bond acceptors (Lipinski definition) is 1. The summed E-state index contributed by atoms with van der Waals surface area (Å²) in [6.45, 7) is 4.76. The van der Waals surface area contributed by atoms with E-state index in [4.69, 9.17) is 0 Å². The van der Waals surface area contributed by atoms with Gasteiger partial charge >= 0.3 is 0 Å². The monoisotopic (exact) mass is 647 g/mol. The second kappa shape index (κ2) is 11.3. The van der Waals surface area contributed by atoms with Crippen molar-refractivity contribution in [1.82, 2.24) is 0 Å². The summed E-state index contributed by atoms with van der Waals surface area (Å²) in [5.41, 5.74) is 16.1. The van der Waals surface area contributed by atoms with E-state index in [9.17, 15) is 0 Å². The molecule has 1 heteroatoms. The molecule has 0 unspecified atom stereocenters. The molecule has 0 radical (unpaired) electrons. The van der Waals surface area contributed by atoms with E-state index < -0.39 is 0 Å². The molecule has 0 amide bonds. The molecule has 1 nitrogen and oxygen atoms in total. The van der Waals surface area contributed by atoms with E-state index in [1.165, 1.54) is 100 Å². The van der Waals surface area contributed by atoms with Crippen LogP contribution in [0.2, 0.25) is 0 Å². The van der Waals surface area contributed by atoms with Gasteiger partial charge in [0.15, 0.2) is 0 Å². The first-order valence-electron chi connectivity index (χ1n) is 18.9. The van der Waals surface area contributed by atoms with Crippen LogP contribution in [0.5, 0.6) is 0 Å². The molecular formula is C49H45N. The van der Waals surface area contributed by atoms with Crippen LogP contribution in [0.25, 0.3) is 33.4 Å². The number of fused-ring (bicyclic) bond motifs is 3. The maximum absolute atomic E-state index is 2.49. The third-order valence-electron chi connectivity index (χ3n) is 13.0. The standard InChI is InChI=1S/C49H45N/c1-48(2)46-15-9-8-14-44(46)45-25-24-41(29-47(45)48)50(40-22-18-38(19-23-40)49-30-33-26-34(31-49)28-35(27-33)32-49)39-20-16-37(17-21-39)43-13-7-6-12-42(43)36-10-4-3-5-11-36/h3-25,29,33-35H,26-28,30-32H2,1-2H3. The van der Waals surface area contributed by atoms with Crippen LogP contribution in [0, 0.1) is 17.8 Å². The number of nitrogens with zero attached hydrogens (tertiary/aromatic N) is 1. The summed E-state index contributed by atoms with van der Waals surface area (Å²) in [6.07, 6.45) is 8.64. The van der Waals surface area contributed by atoms with Gasteiger partial charge in [0.2, 0.25) is 0 Å². The summed E-state index contributed by atoms with van der Waals surface area (Å²) in [6, 6.07) is 54.7. The Bertz CT molecular complexity index is 2170.